The van der Waals surface area contributed by atoms with Gasteiger partial charge < -0.3 is 19.7 Å². The number of rotatable bonds is 7. The second kappa shape index (κ2) is 13.2. The van der Waals surface area contributed by atoms with Crippen molar-refractivity contribution in [2.24, 2.45) is 17.8 Å². The topological polar surface area (TPSA) is 109 Å². The van der Waals surface area contributed by atoms with Crippen molar-refractivity contribution in [2.45, 2.75) is 44.3 Å². The maximum Gasteiger partial charge on any atom is 0.490 e. The number of likely N-dealkylation sites (tertiary alicyclic amines) is 1. The maximum atomic E-state index is 10.6. The summed E-state index contributed by atoms with van der Waals surface area (Å²) >= 11 is 0. The maximum absolute atomic E-state index is 10.6. The third kappa shape index (κ3) is 10.7. The van der Waals surface area contributed by atoms with E-state index >= 15 is 0 Å². The zero-order valence-electron chi connectivity index (χ0n) is 19.2. The summed E-state index contributed by atoms with van der Waals surface area (Å²) in [6, 6.07) is 4.17. The molecule has 36 heavy (non-hydrogen) atoms. The van der Waals surface area contributed by atoms with Crippen LogP contribution in [-0.2, 0) is 25.6 Å². The molecule has 3 heterocycles. The minimum atomic E-state index is -5.08. The van der Waals surface area contributed by atoms with Crippen molar-refractivity contribution < 1.29 is 55.6 Å². The van der Waals surface area contributed by atoms with Gasteiger partial charge >= 0.3 is 24.3 Å². The summed E-state index contributed by atoms with van der Waals surface area (Å²) in [5.41, 5.74) is 1.30. The highest BCUT2D eigenvalue weighted by Gasteiger charge is 2.43. The summed E-state index contributed by atoms with van der Waals surface area (Å²) in [5, 5.41) is 14.2. The normalized spacial score (nSPS) is 23.7. The van der Waals surface area contributed by atoms with Crippen molar-refractivity contribution in [3.63, 3.8) is 0 Å². The number of hydrogen-bond donors (Lipinski definition) is 2. The molecule has 2 N–H and O–H groups in total. The molecule has 0 unspecified atom stereocenters. The van der Waals surface area contributed by atoms with Gasteiger partial charge in [-0.05, 0) is 42.7 Å². The molecule has 0 aromatic carbocycles. The van der Waals surface area contributed by atoms with Crippen molar-refractivity contribution >= 4 is 11.9 Å². The van der Waals surface area contributed by atoms with Crippen LogP contribution in [0.25, 0.3) is 0 Å². The Labute approximate surface area is 203 Å². The Morgan fingerprint density at radius 1 is 1.08 bits per heavy atom. The van der Waals surface area contributed by atoms with Gasteiger partial charge in [-0.2, -0.15) is 26.3 Å². The number of fused-ring (bicyclic) bond motifs is 1. The van der Waals surface area contributed by atoms with E-state index in [0.717, 1.165) is 51.8 Å². The van der Waals surface area contributed by atoms with Crippen molar-refractivity contribution in [3.05, 3.63) is 30.1 Å². The third-order valence-electron chi connectivity index (χ3n) is 5.81. The number of carboxylic acids is 2. The van der Waals surface area contributed by atoms with E-state index in [0.29, 0.717) is 17.9 Å². The lowest BCUT2D eigenvalue weighted by Gasteiger charge is -2.19. The predicted molar refractivity (Wildman–Crippen MR) is 112 cm³/mol. The molecule has 1 aromatic heterocycles. The molecule has 3 aliphatic rings. The average Bonchev–Trinajstić information content (AvgIpc) is 3.41. The van der Waals surface area contributed by atoms with Gasteiger partial charge in [-0.25, -0.2) is 9.59 Å². The largest absolute Gasteiger partial charge is 0.490 e. The van der Waals surface area contributed by atoms with E-state index in [1.807, 2.05) is 18.5 Å². The monoisotopic (exact) mass is 530 g/mol. The zero-order valence-corrected chi connectivity index (χ0v) is 19.2. The molecule has 0 radical (unpaired) electrons. The fourth-order valence-electron chi connectivity index (χ4n) is 3.83. The van der Waals surface area contributed by atoms with Crippen LogP contribution in [0.2, 0.25) is 0 Å². The number of aromatic nitrogens is 1. The Kier molecular flexibility index (Phi) is 10.9. The Morgan fingerprint density at radius 3 is 2.19 bits per heavy atom. The second-order valence-corrected chi connectivity index (χ2v) is 8.76. The third-order valence-corrected chi connectivity index (χ3v) is 5.81. The van der Waals surface area contributed by atoms with Crippen LogP contribution >= 0.6 is 0 Å². The molecule has 2 saturated heterocycles. The molecule has 204 valence electrons. The van der Waals surface area contributed by atoms with E-state index in [1.54, 1.807) is 0 Å². The Morgan fingerprint density at radius 2 is 1.69 bits per heavy atom. The molecule has 0 bridgehead atoms. The second-order valence-electron chi connectivity index (χ2n) is 8.76. The summed E-state index contributed by atoms with van der Waals surface area (Å²) in [5.74, 6) is -3.27. The summed E-state index contributed by atoms with van der Waals surface area (Å²) in [6.45, 7) is 6.05. The van der Waals surface area contributed by atoms with Crippen LogP contribution in [0.4, 0.5) is 26.3 Å². The van der Waals surface area contributed by atoms with E-state index in [2.05, 4.69) is 16.0 Å². The van der Waals surface area contributed by atoms with Gasteiger partial charge in [0.2, 0.25) is 0 Å². The first-order valence-electron chi connectivity index (χ1n) is 11.2. The molecule has 3 fully saturated rings. The fraction of sp³-hybridized carbons (Fsp3) is 0.682. The van der Waals surface area contributed by atoms with Crippen molar-refractivity contribution in [1.82, 2.24) is 9.88 Å². The standard InChI is InChI=1S/C18H26N2O2.2C2HF3O2/c1-2-15(8-19-6-1)9-20-10-17-16(13-22-18(17)11-20)5-7-21-12-14-3-4-14;2*3-2(4,5)1(6)7/h1-2,6,8,14,16-18H,3-5,7,9-13H2;2*(H,6,7)/t16-,17-,18-;;/m0../s1. The van der Waals surface area contributed by atoms with Gasteiger partial charge in [0.15, 0.2) is 0 Å². The molecule has 2 aliphatic heterocycles. The van der Waals surface area contributed by atoms with Gasteiger partial charge in [0.25, 0.3) is 0 Å². The van der Waals surface area contributed by atoms with E-state index in [1.165, 1.54) is 18.4 Å². The quantitative estimate of drug-likeness (QED) is 0.407. The fourth-order valence-corrected chi connectivity index (χ4v) is 3.83. The zero-order chi connectivity index (χ0) is 26.9. The number of alkyl halides is 6. The highest BCUT2D eigenvalue weighted by Crippen LogP contribution is 2.36. The van der Waals surface area contributed by atoms with Crippen molar-refractivity contribution in [2.75, 3.05) is 32.9 Å². The highest BCUT2D eigenvalue weighted by atomic mass is 19.4. The molecule has 1 saturated carbocycles. The minimum absolute atomic E-state index is 0.435. The molecule has 1 aliphatic carbocycles. The number of pyridine rings is 1. The Hall–Kier alpha value is -2.45. The lowest BCUT2D eigenvalue weighted by Crippen LogP contribution is -2.24. The first-order chi connectivity index (χ1) is 16.8. The number of halogens is 6. The molecular weight excluding hydrogens is 502 g/mol. The van der Waals surface area contributed by atoms with Crippen LogP contribution in [0.3, 0.4) is 0 Å². The first-order valence-corrected chi connectivity index (χ1v) is 11.2. The molecule has 14 heteroatoms. The van der Waals surface area contributed by atoms with Crippen LogP contribution < -0.4 is 0 Å². The van der Waals surface area contributed by atoms with E-state index in [4.69, 9.17) is 29.3 Å². The molecular formula is C22H28F6N2O6. The molecule has 0 amide bonds. The van der Waals surface area contributed by atoms with Gasteiger partial charge in [-0.15, -0.1) is 0 Å². The van der Waals surface area contributed by atoms with E-state index < -0.39 is 24.3 Å². The number of aliphatic carboxylic acids is 2. The Bertz CT molecular complexity index is 811. The van der Waals surface area contributed by atoms with E-state index in [-0.39, 0.29) is 0 Å². The van der Waals surface area contributed by atoms with Crippen LogP contribution in [0.5, 0.6) is 0 Å². The first kappa shape index (κ1) is 29.8. The van der Waals surface area contributed by atoms with Crippen LogP contribution in [0.1, 0.15) is 24.8 Å². The number of hydrogen-bond acceptors (Lipinski definition) is 6. The molecule has 0 spiro atoms. The Balaban J connectivity index is 0.000000271. The lowest BCUT2D eigenvalue weighted by molar-refractivity contribution is -0.193. The summed E-state index contributed by atoms with van der Waals surface area (Å²) in [4.78, 5) is 24.5. The highest BCUT2D eigenvalue weighted by molar-refractivity contribution is 5.73. The van der Waals surface area contributed by atoms with Crippen molar-refractivity contribution in [3.8, 4) is 0 Å². The summed E-state index contributed by atoms with van der Waals surface area (Å²) in [7, 11) is 0. The van der Waals surface area contributed by atoms with Gasteiger partial charge in [0, 0.05) is 51.2 Å². The summed E-state index contributed by atoms with van der Waals surface area (Å²) in [6.07, 6.45) is -2.01. The average molecular weight is 530 g/mol. The van der Waals surface area contributed by atoms with Crippen LogP contribution in [0, 0.1) is 17.8 Å². The number of carbonyl (C=O) groups is 2. The number of nitrogens with zero attached hydrogens (tertiary/aromatic N) is 2. The summed E-state index contributed by atoms with van der Waals surface area (Å²) < 4.78 is 75.3. The van der Waals surface area contributed by atoms with Gasteiger partial charge in [0.05, 0.1) is 12.7 Å². The SMILES string of the molecule is O=C(O)C(F)(F)F.O=C(O)C(F)(F)F.c1cncc(CN2C[C@H]3[C@@H](CCOCC4CC4)CO[C@H]3C2)c1. The lowest BCUT2D eigenvalue weighted by atomic mass is 9.91. The molecule has 8 nitrogen and oxygen atoms in total. The smallest absolute Gasteiger partial charge is 0.475 e. The molecule has 3 atom stereocenters. The minimum Gasteiger partial charge on any atom is -0.475 e. The van der Waals surface area contributed by atoms with Crippen molar-refractivity contribution in [1.29, 1.82) is 0 Å². The van der Waals surface area contributed by atoms with Gasteiger partial charge in [-0.3, -0.25) is 9.88 Å². The van der Waals surface area contributed by atoms with Gasteiger partial charge in [0.1, 0.15) is 0 Å². The molecule has 1 aromatic rings. The van der Waals surface area contributed by atoms with E-state index in [9.17, 15) is 26.3 Å². The number of ether oxygens (including phenoxy) is 2. The predicted octanol–water partition coefficient (Wildman–Crippen LogP) is 3.61. The van der Waals surface area contributed by atoms with Crippen LogP contribution in [0.15, 0.2) is 24.5 Å². The van der Waals surface area contributed by atoms with Crippen LogP contribution in [-0.4, -0.2) is 83.4 Å². The molecule has 4 rings (SSSR count). The number of carboxylic acid groups (broad SMARTS) is 2. The van der Waals surface area contributed by atoms with Gasteiger partial charge in [-0.1, -0.05) is 6.07 Å².